The van der Waals surface area contributed by atoms with Crippen molar-refractivity contribution in [1.29, 1.82) is 0 Å². The summed E-state index contributed by atoms with van der Waals surface area (Å²) < 4.78 is 0. The van der Waals surface area contributed by atoms with E-state index in [2.05, 4.69) is 20.8 Å². The van der Waals surface area contributed by atoms with Gasteiger partial charge in [0.1, 0.15) is 0 Å². The van der Waals surface area contributed by atoms with Crippen molar-refractivity contribution in [2.24, 2.45) is 29.6 Å². The fourth-order valence-electron chi connectivity index (χ4n) is 5.03. The molecular formula is C20H38. The number of hydrogen-bond donors (Lipinski definition) is 0. The molecule has 0 radical (unpaired) electrons. The van der Waals surface area contributed by atoms with E-state index in [1.165, 1.54) is 70.6 Å². The Balaban J connectivity index is 1.68. The molecule has 20 heavy (non-hydrogen) atoms. The molecule has 5 unspecified atom stereocenters. The highest BCUT2D eigenvalue weighted by Crippen LogP contribution is 2.37. The summed E-state index contributed by atoms with van der Waals surface area (Å²) in [4.78, 5) is 0. The molecule has 0 bridgehead atoms. The molecule has 0 aromatic carbocycles. The summed E-state index contributed by atoms with van der Waals surface area (Å²) in [5, 5.41) is 0. The summed E-state index contributed by atoms with van der Waals surface area (Å²) in [5.74, 6) is 5.17. The maximum Gasteiger partial charge on any atom is -0.0409 e. The van der Waals surface area contributed by atoms with Crippen LogP contribution in [0.15, 0.2) is 0 Å². The van der Waals surface area contributed by atoms with Crippen LogP contribution in [0, 0.1) is 29.6 Å². The van der Waals surface area contributed by atoms with Crippen LogP contribution in [0.3, 0.4) is 0 Å². The van der Waals surface area contributed by atoms with Crippen molar-refractivity contribution in [3.8, 4) is 0 Å². The van der Waals surface area contributed by atoms with Gasteiger partial charge in [0.2, 0.25) is 0 Å². The SMILES string of the molecule is CCC(CCC1CCCC(C)C1)CC1CCCC(C)C1. The van der Waals surface area contributed by atoms with Gasteiger partial charge in [0.25, 0.3) is 0 Å². The van der Waals surface area contributed by atoms with Gasteiger partial charge in [0, 0.05) is 0 Å². The van der Waals surface area contributed by atoms with Crippen LogP contribution in [0.1, 0.15) is 97.8 Å². The molecule has 0 heteroatoms. The lowest BCUT2D eigenvalue weighted by atomic mass is 9.75. The van der Waals surface area contributed by atoms with Gasteiger partial charge in [-0.25, -0.2) is 0 Å². The molecule has 0 N–H and O–H groups in total. The van der Waals surface area contributed by atoms with E-state index in [0.29, 0.717) is 0 Å². The number of rotatable bonds is 6. The van der Waals surface area contributed by atoms with E-state index < -0.39 is 0 Å². The van der Waals surface area contributed by atoms with E-state index in [4.69, 9.17) is 0 Å². The zero-order chi connectivity index (χ0) is 14.4. The van der Waals surface area contributed by atoms with E-state index in [0.717, 1.165) is 29.6 Å². The van der Waals surface area contributed by atoms with Gasteiger partial charge >= 0.3 is 0 Å². The zero-order valence-corrected chi connectivity index (χ0v) is 14.4. The molecule has 2 rings (SSSR count). The molecule has 2 fully saturated rings. The van der Waals surface area contributed by atoms with Gasteiger partial charge < -0.3 is 0 Å². The smallest absolute Gasteiger partial charge is 0.0409 e. The molecule has 0 aliphatic heterocycles. The molecule has 0 saturated heterocycles. The van der Waals surface area contributed by atoms with Crippen molar-refractivity contribution in [2.45, 2.75) is 97.8 Å². The topological polar surface area (TPSA) is 0 Å². The molecule has 118 valence electrons. The summed E-state index contributed by atoms with van der Waals surface area (Å²) in [6.07, 6.45) is 18.1. The van der Waals surface area contributed by atoms with Crippen molar-refractivity contribution < 1.29 is 0 Å². The third-order valence-corrected chi connectivity index (χ3v) is 6.32. The molecule has 0 aromatic heterocycles. The summed E-state index contributed by atoms with van der Waals surface area (Å²) >= 11 is 0. The van der Waals surface area contributed by atoms with Crippen LogP contribution in [0.2, 0.25) is 0 Å². The van der Waals surface area contributed by atoms with E-state index in [1.807, 2.05) is 0 Å². The normalized spacial score (nSPS) is 36.8. The molecular weight excluding hydrogens is 240 g/mol. The molecule has 2 saturated carbocycles. The Hall–Kier alpha value is 0. The first-order valence-corrected chi connectivity index (χ1v) is 9.67. The average molecular weight is 279 g/mol. The predicted octanol–water partition coefficient (Wildman–Crippen LogP) is 6.84. The monoisotopic (exact) mass is 278 g/mol. The van der Waals surface area contributed by atoms with Gasteiger partial charge in [-0.3, -0.25) is 0 Å². The molecule has 0 nitrogen and oxygen atoms in total. The van der Waals surface area contributed by atoms with Crippen LogP contribution in [0.25, 0.3) is 0 Å². The number of hydrogen-bond acceptors (Lipinski definition) is 0. The lowest BCUT2D eigenvalue weighted by molar-refractivity contribution is 0.209. The standard InChI is InChI=1S/C20H38/c1-4-18(15-20-10-6-8-17(3)14-20)11-12-19-9-5-7-16(2)13-19/h16-20H,4-15H2,1-3H3. The fraction of sp³-hybridized carbons (Fsp3) is 1.00. The van der Waals surface area contributed by atoms with Crippen molar-refractivity contribution in [3.63, 3.8) is 0 Å². The third kappa shape index (κ3) is 5.41. The Morgan fingerprint density at radius 3 is 2.05 bits per heavy atom. The van der Waals surface area contributed by atoms with Crippen LogP contribution in [-0.2, 0) is 0 Å². The highest BCUT2D eigenvalue weighted by atomic mass is 14.3. The summed E-state index contributed by atoms with van der Waals surface area (Å²) in [5.41, 5.74) is 0. The Bertz CT molecular complexity index is 257. The molecule has 2 aliphatic carbocycles. The van der Waals surface area contributed by atoms with Gasteiger partial charge in [-0.15, -0.1) is 0 Å². The highest BCUT2D eigenvalue weighted by molar-refractivity contribution is 4.76. The van der Waals surface area contributed by atoms with E-state index in [1.54, 1.807) is 6.42 Å². The Kier molecular flexibility index (Phi) is 6.91. The molecule has 0 amide bonds. The van der Waals surface area contributed by atoms with Crippen LogP contribution in [-0.4, -0.2) is 0 Å². The Morgan fingerprint density at radius 2 is 1.45 bits per heavy atom. The lowest BCUT2D eigenvalue weighted by Gasteiger charge is -2.31. The maximum absolute atomic E-state index is 2.47. The van der Waals surface area contributed by atoms with Crippen molar-refractivity contribution >= 4 is 0 Å². The molecule has 5 atom stereocenters. The van der Waals surface area contributed by atoms with Crippen LogP contribution in [0.4, 0.5) is 0 Å². The van der Waals surface area contributed by atoms with Gasteiger partial charge in [0.15, 0.2) is 0 Å². The third-order valence-electron chi connectivity index (χ3n) is 6.32. The first-order valence-electron chi connectivity index (χ1n) is 9.67. The Labute approximate surface area is 128 Å². The van der Waals surface area contributed by atoms with Gasteiger partial charge in [-0.2, -0.15) is 0 Å². The second kappa shape index (κ2) is 8.44. The largest absolute Gasteiger partial charge is 0.0651 e. The lowest BCUT2D eigenvalue weighted by Crippen LogP contribution is -2.18. The second-order valence-electron chi connectivity index (χ2n) is 8.36. The Morgan fingerprint density at radius 1 is 0.850 bits per heavy atom. The molecule has 0 spiro atoms. The average Bonchev–Trinajstić information content (AvgIpc) is 2.43. The molecule has 0 aromatic rings. The van der Waals surface area contributed by atoms with Crippen LogP contribution in [0.5, 0.6) is 0 Å². The highest BCUT2D eigenvalue weighted by Gasteiger charge is 2.23. The van der Waals surface area contributed by atoms with Crippen molar-refractivity contribution in [1.82, 2.24) is 0 Å². The first-order chi connectivity index (χ1) is 9.67. The van der Waals surface area contributed by atoms with E-state index in [-0.39, 0.29) is 0 Å². The van der Waals surface area contributed by atoms with Gasteiger partial charge in [-0.05, 0) is 48.9 Å². The quantitative estimate of drug-likeness (QED) is 0.499. The fourth-order valence-corrected chi connectivity index (χ4v) is 5.03. The summed E-state index contributed by atoms with van der Waals surface area (Å²) in [6, 6.07) is 0. The molecule has 2 aliphatic rings. The minimum Gasteiger partial charge on any atom is -0.0651 e. The van der Waals surface area contributed by atoms with Crippen LogP contribution >= 0.6 is 0 Å². The second-order valence-corrected chi connectivity index (χ2v) is 8.36. The maximum atomic E-state index is 2.47. The van der Waals surface area contributed by atoms with Gasteiger partial charge in [-0.1, -0.05) is 78.6 Å². The zero-order valence-electron chi connectivity index (χ0n) is 14.4. The molecule has 0 heterocycles. The first kappa shape index (κ1) is 16.4. The minimum atomic E-state index is 1.01. The van der Waals surface area contributed by atoms with Gasteiger partial charge in [0.05, 0.1) is 0 Å². The minimum absolute atomic E-state index is 1.01. The van der Waals surface area contributed by atoms with E-state index in [9.17, 15) is 0 Å². The summed E-state index contributed by atoms with van der Waals surface area (Å²) in [6.45, 7) is 7.36. The summed E-state index contributed by atoms with van der Waals surface area (Å²) in [7, 11) is 0. The van der Waals surface area contributed by atoms with Crippen LogP contribution < -0.4 is 0 Å². The van der Waals surface area contributed by atoms with Crippen molar-refractivity contribution in [3.05, 3.63) is 0 Å². The van der Waals surface area contributed by atoms with E-state index >= 15 is 0 Å². The van der Waals surface area contributed by atoms with Crippen molar-refractivity contribution in [2.75, 3.05) is 0 Å². The predicted molar refractivity (Wildman–Crippen MR) is 89.9 cm³/mol.